The van der Waals surface area contributed by atoms with E-state index in [1.54, 1.807) is 0 Å². The van der Waals surface area contributed by atoms with Gasteiger partial charge in [-0.2, -0.15) is 0 Å². The molecule has 1 fully saturated rings. The van der Waals surface area contributed by atoms with E-state index in [2.05, 4.69) is 84.5 Å². The fourth-order valence-electron chi connectivity index (χ4n) is 5.12. The summed E-state index contributed by atoms with van der Waals surface area (Å²) < 4.78 is 5.55. The molecule has 0 atom stereocenters. The van der Waals surface area contributed by atoms with Crippen LogP contribution in [0.3, 0.4) is 0 Å². The van der Waals surface area contributed by atoms with Crippen molar-refractivity contribution in [1.29, 1.82) is 0 Å². The van der Waals surface area contributed by atoms with Crippen LogP contribution in [0.2, 0.25) is 5.15 Å². The Morgan fingerprint density at radius 3 is 2.41 bits per heavy atom. The summed E-state index contributed by atoms with van der Waals surface area (Å²) in [5, 5.41) is 7.88. The topological polar surface area (TPSA) is 37.4 Å². The van der Waals surface area contributed by atoms with Crippen molar-refractivity contribution in [3.8, 4) is 5.75 Å². The molecule has 0 saturated carbocycles. The Hall–Kier alpha value is -2.66. The second-order valence-corrected chi connectivity index (χ2v) is 10.8. The molecule has 2 heterocycles. The van der Waals surface area contributed by atoms with E-state index in [0.717, 1.165) is 54.8 Å². The quantitative estimate of drug-likeness (QED) is 0.243. The third-order valence-corrected chi connectivity index (χ3v) is 7.16. The van der Waals surface area contributed by atoms with Crippen LogP contribution in [0.5, 0.6) is 5.75 Å². The molecule has 5 rings (SSSR count). The molecule has 0 aliphatic carbocycles. The molecular weight excluding hydrogens is 478 g/mol. The fraction of sp³-hybridized carbons (Fsp3) is 0.406. The molecule has 1 N–H and O–H groups in total. The second-order valence-electron chi connectivity index (χ2n) is 10.5. The van der Waals surface area contributed by atoms with Crippen LogP contribution in [0.15, 0.2) is 66.7 Å². The molecule has 1 saturated heterocycles. The van der Waals surface area contributed by atoms with Crippen molar-refractivity contribution in [2.24, 2.45) is 0 Å². The van der Waals surface area contributed by atoms with Crippen LogP contribution in [0, 0.1) is 0 Å². The van der Waals surface area contributed by atoms with Crippen LogP contribution in [-0.2, 0) is 13.0 Å². The van der Waals surface area contributed by atoms with Gasteiger partial charge < -0.3 is 10.1 Å². The summed E-state index contributed by atoms with van der Waals surface area (Å²) in [6.45, 7) is 13.6. The number of nitrogens with zero attached hydrogens (tertiary/aromatic N) is 2. The van der Waals surface area contributed by atoms with Crippen molar-refractivity contribution in [2.75, 3.05) is 26.2 Å². The maximum absolute atomic E-state index is 6.31. The Balaban J connectivity index is 0.000000176. The molecule has 4 nitrogen and oxygen atoms in total. The Morgan fingerprint density at radius 1 is 0.919 bits per heavy atom. The highest BCUT2D eigenvalue weighted by atomic mass is 35.5. The summed E-state index contributed by atoms with van der Waals surface area (Å²) in [4.78, 5) is 6.93. The van der Waals surface area contributed by atoms with Gasteiger partial charge in [-0.3, -0.25) is 4.90 Å². The molecule has 37 heavy (non-hydrogen) atoms. The predicted molar refractivity (Wildman–Crippen MR) is 158 cm³/mol. The van der Waals surface area contributed by atoms with Gasteiger partial charge in [0, 0.05) is 23.0 Å². The molecule has 1 aliphatic heterocycles. The maximum atomic E-state index is 6.31. The van der Waals surface area contributed by atoms with Crippen molar-refractivity contribution in [3.05, 3.63) is 83.0 Å². The number of ether oxygens (including phenoxy) is 1. The lowest BCUT2D eigenvalue weighted by atomic mass is 9.93. The molecule has 1 aromatic heterocycles. The highest BCUT2D eigenvalue weighted by Crippen LogP contribution is 2.26. The zero-order valence-corrected chi connectivity index (χ0v) is 23.4. The van der Waals surface area contributed by atoms with E-state index in [1.807, 2.05) is 25.1 Å². The van der Waals surface area contributed by atoms with E-state index in [4.69, 9.17) is 16.3 Å². The van der Waals surface area contributed by atoms with Gasteiger partial charge in [0.1, 0.15) is 10.9 Å². The van der Waals surface area contributed by atoms with Crippen LogP contribution in [0.1, 0.15) is 51.7 Å². The lowest BCUT2D eigenvalue weighted by Gasteiger charge is -2.26. The van der Waals surface area contributed by atoms with Crippen molar-refractivity contribution in [1.82, 2.24) is 15.2 Å². The second kappa shape index (κ2) is 12.7. The third kappa shape index (κ3) is 7.67. The van der Waals surface area contributed by atoms with Crippen LogP contribution in [0.25, 0.3) is 21.7 Å². The molecule has 0 radical (unpaired) electrons. The molecule has 4 aromatic rings. The normalized spacial score (nSPS) is 14.1. The third-order valence-electron chi connectivity index (χ3n) is 6.83. The van der Waals surface area contributed by atoms with E-state index in [1.165, 1.54) is 29.2 Å². The largest absolute Gasteiger partial charge is 0.494 e. The zero-order valence-electron chi connectivity index (χ0n) is 22.7. The number of likely N-dealkylation sites (tertiary alicyclic amines) is 1. The molecule has 5 heteroatoms. The van der Waals surface area contributed by atoms with Crippen molar-refractivity contribution in [2.45, 2.75) is 59.0 Å². The first-order chi connectivity index (χ1) is 17.9. The standard InChI is InChI=1S/C16H19ClN2O.C16H21N/c1-2-20-14-5-6-15-12(10-14)9-13(16(17)18-15)11-19-7-3-4-8-19;1-4-17-16(2,3)12-13-9-10-14-7-5-6-8-15(14)11-13/h5-6,9-10H,2-4,7-8,11H2,1H3;5-11,17H,4,12H2,1-3H3. The Morgan fingerprint density at radius 2 is 1.68 bits per heavy atom. The van der Waals surface area contributed by atoms with Gasteiger partial charge >= 0.3 is 0 Å². The first-order valence-electron chi connectivity index (χ1n) is 13.5. The Kier molecular flexibility index (Phi) is 9.42. The zero-order chi connectivity index (χ0) is 26.3. The van der Waals surface area contributed by atoms with Crippen LogP contribution in [0.4, 0.5) is 0 Å². The number of likely N-dealkylation sites (N-methyl/N-ethyl adjacent to an activating group) is 1. The monoisotopic (exact) mass is 517 g/mol. The molecule has 1 aliphatic rings. The SMILES string of the molecule is CCNC(C)(C)Cc1ccc2ccccc2c1.CCOc1ccc2nc(Cl)c(CN3CCCC3)cc2c1. The molecule has 0 unspecified atom stereocenters. The van der Waals surface area contributed by atoms with E-state index in [9.17, 15) is 0 Å². The van der Waals surface area contributed by atoms with Crippen molar-refractivity contribution in [3.63, 3.8) is 0 Å². The van der Waals surface area contributed by atoms with E-state index < -0.39 is 0 Å². The van der Waals surface area contributed by atoms with Gasteiger partial charge in [0.15, 0.2) is 0 Å². The minimum Gasteiger partial charge on any atom is -0.494 e. The molecule has 3 aromatic carbocycles. The maximum Gasteiger partial charge on any atom is 0.134 e. The van der Waals surface area contributed by atoms with Gasteiger partial charge in [0.05, 0.1) is 12.1 Å². The number of rotatable bonds is 8. The number of hydrogen-bond donors (Lipinski definition) is 1. The lowest BCUT2D eigenvalue weighted by Crippen LogP contribution is -2.41. The average molecular weight is 518 g/mol. The Labute approximate surface area is 227 Å². The smallest absolute Gasteiger partial charge is 0.134 e. The van der Waals surface area contributed by atoms with Crippen LogP contribution < -0.4 is 10.1 Å². The number of fused-ring (bicyclic) bond motifs is 2. The first kappa shape index (κ1) is 27.4. The number of halogens is 1. The average Bonchev–Trinajstić information content (AvgIpc) is 3.38. The van der Waals surface area contributed by atoms with Gasteiger partial charge in [-0.25, -0.2) is 4.98 Å². The molecular formula is C32H40ClN3O. The minimum absolute atomic E-state index is 0.164. The van der Waals surface area contributed by atoms with Gasteiger partial charge in [0.2, 0.25) is 0 Å². The summed E-state index contributed by atoms with van der Waals surface area (Å²) in [7, 11) is 0. The van der Waals surface area contributed by atoms with E-state index in [-0.39, 0.29) is 5.54 Å². The molecule has 0 spiro atoms. The summed E-state index contributed by atoms with van der Waals surface area (Å²) in [6.07, 6.45) is 3.63. The number of nitrogens with one attached hydrogen (secondary N) is 1. The highest BCUT2D eigenvalue weighted by molar-refractivity contribution is 6.30. The minimum atomic E-state index is 0.164. The number of aromatic nitrogens is 1. The highest BCUT2D eigenvalue weighted by Gasteiger charge is 2.17. The number of benzene rings is 3. The summed E-state index contributed by atoms with van der Waals surface area (Å²) in [5.74, 6) is 0.885. The molecule has 0 amide bonds. The summed E-state index contributed by atoms with van der Waals surface area (Å²) >= 11 is 6.31. The van der Waals surface area contributed by atoms with Gasteiger partial charge in [-0.1, -0.05) is 61.0 Å². The Bertz CT molecular complexity index is 1310. The van der Waals surface area contributed by atoms with Crippen LogP contribution in [-0.4, -0.2) is 41.7 Å². The van der Waals surface area contributed by atoms with Crippen molar-refractivity contribution >= 4 is 33.3 Å². The fourth-order valence-corrected chi connectivity index (χ4v) is 5.33. The predicted octanol–water partition coefficient (Wildman–Crippen LogP) is 7.65. The molecule has 196 valence electrons. The van der Waals surface area contributed by atoms with Gasteiger partial charge in [-0.05, 0) is 100 Å². The lowest BCUT2D eigenvalue weighted by molar-refractivity contribution is 0.331. The first-order valence-corrected chi connectivity index (χ1v) is 13.9. The molecule has 0 bridgehead atoms. The van der Waals surface area contributed by atoms with Crippen LogP contribution >= 0.6 is 11.6 Å². The number of hydrogen-bond acceptors (Lipinski definition) is 4. The summed E-state index contributed by atoms with van der Waals surface area (Å²) in [6, 6.07) is 23.4. The van der Waals surface area contributed by atoms with E-state index >= 15 is 0 Å². The van der Waals surface area contributed by atoms with E-state index in [0.29, 0.717) is 11.8 Å². The number of pyridine rings is 1. The van der Waals surface area contributed by atoms with Crippen molar-refractivity contribution < 1.29 is 4.74 Å². The van der Waals surface area contributed by atoms with Gasteiger partial charge in [-0.15, -0.1) is 0 Å². The van der Waals surface area contributed by atoms with Gasteiger partial charge in [0.25, 0.3) is 0 Å². The summed E-state index contributed by atoms with van der Waals surface area (Å²) in [5.41, 5.74) is 3.59.